The van der Waals surface area contributed by atoms with E-state index in [1.54, 1.807) is 0 Å². The van der Waals surface area contributed by atoms with Gasteiger partial charge in [-0.1, -0.05) is 12.5 Å². The Labute approximate surface area is 142 Å². The summed E-state index contributed by atoms with van der Waals surface area (Å²) in [6.45, 7) is 2.03. The smallest absolute Gasteiger partial charge is 0.223 e. The molecule has 5 nitrogen and oxygen atoms in total. The van der Waals surface area contributed by atoms with E-state index < -0.39 is 0 Å². The van der Waals surface area contributed by atoms with Crippen LogP contribution in [0.15, 0.2) is 30.5 Å². The van der Waals surface area contributed by atoms with Crippen molar-refractivity contribution in [2.45, 2.75) is 57.1 Å². The van der Waals surface area contributed by atoms with Crippen LogP contribution in [-0.4, -0.2) is 26.2 Å². The zero-order chi connectivity index (χ0) is 16.5. The van der Waals surface area contributed by atoms with Crippen LogP contribution < -0.4 is 5.32 Å². The minimum Gasteiger partial charge on any atom is -0.393 e. The standard InChI is InChI=1S/C19H24N4O/c1-12-9-17(13-5-4-6-13)22-19(21-12)23-18(14-10-15(24)11-14)16-7-2-3-8-20-16/h2-3,7-9,13-15,18,24H,4-6,10-11H2,1H3,(H,21,22,23)/t14?,15?,18-/m1/s1. The summed E-state index contributed by atoms with van der Waals surface area (Å²) in [6.07, 6.45) is 6.99. The van der Waals surface area contributed by atoms with Gasteiger partial charge in [-0.25, -0.2) is 9.97 Å². The van der Waals surface area contributed by atoms with E-state index in [4.69, 9.17) is 4.98 Å². The molecule has 0 saturated heterocycles. The zero-order valence-corrected chi connectivity index (χ0v) is 14.0. The molecule has 2 aliphatic carbocycles. The van der Waals surface area contributed by atoms with Crippen molar-refractivity contribution in [2.24, 2.45) is 5.92 Å². The van der Waals surface area contributed by atoms with E-state index in [1.807, 2.05) is 31.3 Å². The number of aliphatic hydroxyl groups excluding tert-OH is 1. The van der Waals surface area contributed by atoms with Crippen LogP contribution in [0.1, 0.15) is 61.1 Å². The van der Waals surface area contributed by atoms with E-state index in [9.17, 15) is 5.11 Å². The van der Waals surface area contributed by atoms with Crippen molar-refractivity contribution < 1.29 is 5.11 Å². The largest absolute Gasteiger partial charge is 0.393 e. The highest BCUT2D eigenvalue weighted by Gasteiger charge is 2.36. The predicted octanol–water partition coefficient (Wildman–Crippen LogP) is 3.37. The first kappa shape index (κ1) is 15.5. The molecule has 0 unspecified atom stereocenters. The number of aryl methyl sites for hydroxylation is 1. The minimum absolute atomic E-state index is 0.0469. The Morgan fingerprint density at radius 1 is 1.21 bits per heavy atom. The van der Waals surface area contributed by atoms with Crippen molar-refractivity contribution in [1.82, 2.24) is 15.0 Å². The quantitative estimate of drug-likeness (QED) is 0.882. The lowest BCUT2D eigenvalue weighted by Gasteiger charge is -2.37. The molecule has 4 rings (SSSR count). The first-order valence-corrected chi connectivity index (χ1v) is 8.90. The van der Waals surface area contributed by atoms with Crippen molar-refractivity contribution in [3.8, 4) is 0 Å². The maximum Gasteiger partial charge on any atom is 0.223 e. The van der Waals surface area contributed by atoms with Gasteiger partial charge in [0, 0.05) is 23.5 Å². The molecule has 2 aliphatic rings. The Balaban J connectivity index is 1.59. The third-order valence-electron chi connectivity index (χ3n) is 5.31. The van der Waals surface area contributed by atoms with Gasteiger partial charge in [0.1, 0.15) is 0 Å². The zero-order valence-electron chi connectivity index (χ0n) is 14.0. The molecule has 2 N–H and O–H groups in total. The molecule has 1 atom stereocenters. The highest BCUT2D eigenvalue weighted by Crippen LogP contribution is 2.40. The van der Waals surface area contributed by atoms with Crippen molar-refractivity contribution >= 4 is 5.95 Å². The van der Waals surface area contributed by atoms with Crippen molar-refractivity contribution in [3.63, 3.8) is 0 Å². The van der Waals surface area contributed by atoms with Crippen LogP contribution in [0.4, 0.5) is 5.95 Å². The Morgan fingerprint density at radius 2 is 2.04 bits per heavy atom. The van der Waals surface area contributed by atoms with Gasteiger partial charge in [0.2, 0.25) is 5.95 Å². The topological polar surface area (TPSA) is 70.9 Å². The van der Waals surface area contributed by atoms with Crippen LogP contribution in [-0.2, 0) is 0 Å². The fourth-order valence-corrected chi connectivity index (χ4v) is 3.60. The second-order valence-corrected chi connectivity index (χ2v) is 7.15. The maximum atomic E-state index is 9.70. The monoisotopic (exact) mass is 324 g/mol. The highest BCUT2D eigenvalue weighted by atomic mass is 16.3. The average Bonchev–Trinajstić information content (AvgIpc) is 2.49. The van der Waals surface area contributed by atoms with Crippen LogP contribution in [0.5, 0.6) is 0 Å². The van der Waals surface area contributed by atoms with E-state index >= 15 is 0 Å². The second kappa shape index (κ2) is 6.48. The molecule has 24 heavy (non-hydrogen) atoms. The van der Waals surface area contributed by atoms with Gasteiger partial charge in [-0.05, 0) is 56.7 Å². The summed E-state index contributed by atoms with van der Waals surface area (Å²) in [4.78, 5) is 13.9. The van der Waals surface area contributed by atoms with E-state index in [1.165, 1.54) is 19.3 Å². The van der Waals surface area contributed by atoms with Gasteiger partial charge in [0.05, 0.1) is 17.8 Å². The van der Waals surface area contributed by atoms with Crippen LogP contribution >= 0.6 is 0 Å². The number of aliphatic hydroxyl groups is 1. The number of anilines is 1. The van der Waals surface area contributed by atoms with Gasteiger partial charge in [0.25, 0.3) is 0 Å². The van der Waals surface area contributed by atoms with Crippen molar-refractivity contribution in [1.29, 1.82) is 0 Å². The van der Waals surface area contributed by atoms with Crippen LogP contribution in [0, 0.1) is 12.8 Å². The molecular weight excluding hydrogens is 300 g/mol. The molecule has 0 aliphatic heterocycles. The lowest BCUT2D eigenvalue weighted by atomic mass is 9.76. The lowest BCUT2D eigenvalue weighted by Crippen LogP contribution is -2.36. The summed E-state index contributed by atoms with van der Waals surface area (Å²) in [5.74, 6) is 1.64. The minimum atomic E-state index is -0.188. The van der Waals surface area contributed by atoms with Gasteiger partial charge in [-0.3, -0.25) is 4.98 Å². The maximum absolute atomic E-state index is 9.70. The first-order valence-electron chi connectivity index (χ1n) is 8.90. The molecule has 0 spiro atoms. The lowest BCUT2D eigenvalue weighted by molar-refractivity contribution is 0.0333. The van der Waals surface area contributed by atoms with Crippen molar-refractivity contribution in [3.05, 3.63) is 47.5 Å². The number of hydrogen-bond acceptors (Lipinski definition) is 5. The summed E-state index contributed by atoms with van der Waals surface area (Å²) in [7, 11) is 0. The Hall–Kier alpha value is -2.01. The molecule has 126 valence electrons. The van der Waals surface area contributed by atoms with Gasteiger partial charge < -0.3 is 10.4 Å². The SMILES string of the molecule is Cc1cc(C2CCC2)nc(N[C@@H](c2ccccn2)C2CC(O)C2)n1. The summed E-state index contributed by atoms with van der Waals surface area (Å²) in [5.41, 5.74) is 3.15. The first-order chi connectivity index (χ1) is 11.7. The fraction of sp³-hybridized carbons (Fsp3) is 0.526. The average molecular weight is 324 g/mol. The molecule has 0 aromatic carbocycles. The summed E-state index contributed by atoms with van der Waals surface area (Å²) in [6, 6.07) is 8.12. The van der Waals surface area contributed by atoms with Crippen molar-refractivity contribution in [2.75, 3.05) is 5.32 Å². The third-order valence-corrected chi connectivity index (χ3v) is 5.31. The molecule has 5 heteroatoms. The van der Waals surface area contributed by atoms with Gasteiger partial charge in [0.15, 0.2) is 0 Å². The number of pyridine rings is 1. The fourth-order valence-electron chi connectivity index (χ4n) is 3.60. The Morgan fingerprint density at radius 3 is 2.67 bits per heavy atom. The molecule has 2 aromatic rings. The predicted molar refractivity (Wildman–Crippen MR) is 92.7 cm³/mol. The summed E-state index contributed by atoms with van der Waals surface area (Å²) < 4.78 is 0. The highest BCUT2D eigenvalue weighted by molar-refractivity contribution is 5.34. The Kier molecular flexibility index (Phi) is 4.19. The normalized spacial score (nSPS) is 24.8. The van der Waals surface area contributed by atoms with Crippen LogP contribution in [0.3, 0.4) is 0 Å². The molecule has 2 fully saturated rings. The number of rotatable bonds is 5. The molecular formula is C19H24N4O. The number of aromatic nitrogens is 3. The van der Waals surface area contributed by atoms with Crippen LogP contribution in [0.25, 0.3) is 0 Å². The molecule has 2 heterocycles. The van der Waals surface area contributed by atoms with Gasteiger partial charge >= 0.3 is 0 Å². The third kappa shape index (κ3) is 3.13. The van der Waals surface area contributed by atoms with E-state index in [0.29, 0.717) is 17.8 Å². The molecule has 2 aromatic heterocycles. The van der Waals surface area contributed by atoms with E-state index in [-0.39, 0.29) is 12.1 Å². The second-order valence-electron chi connectivity index (χ2n) is 7.15. The molecule has 0 amide bonds. The number of nitrogens with one attached hydrogen (secondary N) is 1. The van der Waals surface area contributed by atoms with Crippen LogP contribution in [0.2, 0.25) is 0 Å². The van der Waals surface area contributed by atoms with Gasteiger partial charge in [-0.2, -0.15) is 0 Å². The molecule has 0 bridgehead atoms. The summed E-state index contributed by atoms with van der Waals surface area (Å²) >= 11 is 0. The number of hydrogen-bond donors (Lipinski definition) is 2. The molecule has 0 radical (unpaired) electrons. The van der Waals surface area contributed by atoms with E-state index in [2.05, 4.69) is 21.4 Å². The Bertz CT molecular complexity index is 696. The summed E-state index contributed by atoms with van der Waals surface area (Å²) in [5, 5.41) is 13.2. The van der Waals surface area contributed by atoms with Gasteiger partial charge in [-0.15, -0.1) is 0 Å². The molecule has 2 saturated carbocycles. The van der Waals surface area contributed by atoms with E-state index in [0.717, 1.165) is 29.9 Å². The number of nitrogens with zero attached hydrogens (tertiary/aromatic N) is 3.